The Bertz CT molecular complexity index is 185. The van der Waals surface area contributed by atoms with E-state index in [1.54, 1.807) is 7.11 Å². The van der Waals surface area contributed by atoms with Gasteiger partial charge in [-0.2, -0.15) is 0 Å². The molecule has 96 valence electrons. The van der Waals surface area contributed by atoms with Crippen LogP contribution in [0.1, 0.15) is 39.5 Å². The van der Waals surface area contributed by atoms with E-state index >= 15 is 0 Å². The topological polar surface area (TPSA) is 47.6 Å². The number of hydrogen-bond acceptors (Lipinski definition) is 4. The van der Waals surface area contributed by atoms with Crippen molar-refractivity contribution < 1.29 is 14.3 Å². The first kappa shape index (κ1) is 15.4. The number of rotatable bonds is 9. The van der Waals surface area contributed by atoms with Crippen molar-refractivity contribution in [3.63, 3.8) is 0 Å². The van der Waals surface area contributed by atoms with Crippen LogP contribution in [-0.4, -0.2) is 38.9 Å². The van der Waals surface area contributed by atoms with Crippen molar-refractivity contribution in [1.82, 2.24) is 5.32 Å². The maximum absolute atomic E-state index is 11.7. The molecule has 0 saturated heterocycles. The van der Waals surface area contributed by atoms with Gasteiger partial charge in [-0.15, -0.1) is 0 Å². The van der Waals surface area contributed by atoms with Gasteiger partial charge in [0, 0.05) is 13.7 Å². The van der Waals surface area contributed by atoms with E-state index in [-0.39, 0.29) is 5.97 Å². The third-order valence-corrected chi connectivity index (χ3v) is 2.74. The molecule has 0 heterocycles. The molecule has 0 aromatic heterocycles. The summed E-state index contributed by atoms with van der Waals surface area (Å²) in [5.74, 6) is -0.195. The highest BCUT2D eigenvalue weighted by Gasteiger charge is 2.32. The normalized spacial score (nSPS) is 14.5. The first-order chi connectivity index (χ1) is 7.60. The van der Waals surface area contributed by atoms with Crippen molar-refractivity contribution in [3.05, 3.63) is 0 Å². The number of ether oxygens (including phenoxy) is 2. The SMILES string of the molecule is CCCCCC(C)(NCCOC)C(=O)OC. The average Bonchev–Trinajstić information content (AvgIpc) is 2.28. The van der Waals surface area contributed by atoms with Gasteiger partial charge in [0.05, 0.1) is 13.7 Å². The molecule has 0 bridgehead atoms. The van der Waals surface area contributed by atoms with Gasteiger partial charge < -0.3 is 9.47 Å². The fourth-order valence-corrected chi connectivity index (χ4v) is 1.65. The highest BCUT2D eigenvalue weighted by atomic mass is 16.5. The van der Waals surface area contributed by atoms with Crippen LogP contribution in [0.25, 0.3) is 0 Å². The lowest BCUT2D eigenvalue weighted by molar-refractivity contribution is -0.148. The third kappa shape index (κ3) is 5.47. The summed E-state index contributed by atoms with van der Waals surface area (Å²) < 4.78 is 9.80. The van der Waals surface area contributed by atoms with Crippen molar-refractivity contribution in [2.75, 3.05) is 27.4 Å². The quantitative estimate of drug-likeness (QED) is 0.485. The smallest absolute Gasteiger partial charge is 0.325 e. The van der Waals surface area contributed by atoms with E-state index < -0.39 is 5.54 Å². The third-order valence-electron chi connectivity index (χ3n) is 2.74. The second kappa shape index (κ2) is 8.53. The Kier molecular flexibility index (Phi) is 8.21. The zero-order valence-electron chi connectivity index (χ0n) is 11.0. The molecule has 0 aliphatic heterocycles. The molecule has 0 aromatic carbocycles. The molecule has 1 N–H and O–H groups in total. The summed E-state index contributed by atoms with van der Waals surface area (Å²) in [6, 6.07) is 0. The number of carbonyl (C=O) groups excluding carboxylic acids is 1. The number of hydrogen-bond donors (Lipinski definition) is 1. The number of methoxy groups -OCH3 is 2. The van der Waals surface area contributed by atoms with E-state index in [0.717, 1.165) is 25.7 Å². The van der Waals surface area contributed by atoms with Gasteiger partial charge in [-0.3, -0.25) is 10.1 Å². The molecule has 16 heavy (non-hydrogen) atoms. The van der Waals surface area contributed by atoms with Gasteiger partial charge in [0.25, 0.3) is 0 Å². The second-order valence-electron chi connectivity index (χ2n) is 4.20. The van der Waals surface area contributed by atoms with Crippen LogP contribution >= 0.6 is 0 Å². The minimum absolute atomic E-state index is 0.195. The standard InChI is InChI=1S/C12H25NO3/c1-5-6-7-8-12(2,11(14)16-4)13-9-10-15-3/h13H,5-10H2,1-4H3. The minimum Gasteiger partial charge on any atom is -0.468 e. The molecule has 0 rings (SSSR count). The molecule has 4 nitrogen and oxygen atoms in total. The molecule has 0 aliphatic rings. The van der Waals surface area contributed by atoms with E-state index in [0.29, 0.717) is 13.2 Å². The lowest BCUT2D eigenvalue weighted by Crippen LogP contribution is -2.51. The first-order valence-corrected chi connectivity index (χ1v) is 5.93. The molecule has 0 aromatic rings. The van der Waals surface area contributed by atoms with Gasteiger partial charge >= 0.3 is 5.97 Å². The van der Waals surface area contributed by atoms with Crippen LogP contribution in [0.3, 0.4) is 0 Å². The number of unbranched alkanes of at least 4 members (excludes halogenated alkanes) is 2. The summed E-state index contributed by atoms with van der Waals surface area (Å²) >= 11 is 0. The summed E-state index contributed by atoms with van der Waals surface area (Å²) in [6.45, 7) is 5.30. The fraction of sp³-hybridized carbons (Fsp3) is 0.917. The Labute approximate surface area is 98.7 Å². The highest BCUT2D eigenvalue weighted by Crippen LogP contribution is 2.16. The van der Waals surface area contributed by atoms with Gasteiger partial charge in [0.1, 0.15) is 5.54 Å². The average molecular weight is 231 g/mol. The summed E-state index contributed by atoms with van der Waals surface area (Å²) in [6.07, 6.45) is 4.12. The first-order valence-electron chi connectivity index (χ1n) is 5.93. The molecular weight excluding hydrogens is 206 g/mol. The van der Waals surface area contributed by atoms with Crippen LogP contribution in [-0.2, 0) is 14.3 Å². The molecule has 4 heteroatoms. The van der Waals surface area contributed by atoms with Crippen molar-refractivity contribution in [1.29, 1.82) is 0 Å². The molecule has 0 saturated carbocycles. The molecule has 0 fully saturated rings. The molecule has 0 amide bonds. The predicted molar refractivity (Wildman–Crippen MR) is 64.4 cm³/mol. The Morgan fingerprint density at radius 1 is 1.31 bits per heavy atom. The highest BCUT2D eigenvalue weighted by molar-refractivity contribution is 5.80. The van der Waals surface area contributed by atoms with Crippen molar-refractivity contribution in [3.8, 4) is 0 Å². The van der Waals surface area contributed by atoms with Crippen molar-refractivity contribution in [2.24, 2.45) is 0 Å². The van der Waals surface area contributed by atoms with E-state index in [1.165, 1.54) is 7.11 Å². The summed E-state index contributed by atoms with van der Waals surface area (Å²) in [5.41, 5.74) is -0.581. The predicted octanol–water partition coefficient (Wildman–Crippen LogP) is 1.73. The maximum Gasteiger partial charge on any atom is 0.325 e. The Balaban J connectivity index is 4.19. The van der Waals surface area contributed by atoms with E-state index in [9.17, 15) is 4.79 Å². The summed E-state index contributed by atoms with van der Waals surface area (Å²) in [4.78, 5) is 11.7. The van der Waals surface area contributed by atoms with Gasteiger partial charge in [0.2, 0.25) is 0 Å². The molecule has 0 spiro atoms. The van der Waals surface area contributed by atoms with E-state index in [1.807, 2.05) is 6.92 Å². The number of nitrogens with one attached hydrogen (secondary N) is 1. The van der Waals surface area contributed by atoms with E-state index in [2.05, 4.69) is 12.2 Å². The summed E-state index contributed by atoms with van der Waals surface area (Å²) in [7, 11) is 3.08. The Morgan fingerprint density at radius 2 is 2.00 bits per heavy atom. The molecule has 1 unspecified atom stereocenters. The summed E-state index contributed by atoms with van der Waals surface area (Å²) in [5, 5.41) is 3.21. The lowest BCUT2D eigenvalue weighted by Gasteiger charge is -2.28. The van der Waals surface area contributed by atoms with E-state index in [4.69, 9.17) is 9.47 Å². The maximum atomic E-state index is 11.7. The van der Waals surface area contributed by atoms with Gasteiger partial charge in [-0.05, 0) is 13.3 Å². The number of carbonyl (C=O) groups is 1. The zero-order chi connectivity index (χ0) is 12.4. The van der Waals surface area contributed by atoms with Crippen LogP contribution < -0.4 is 5.32 Å². The largest absolute Gasteiger partial charge is 0.468 e. The van der Waals surface area contributed by atoms with Crippen molar-refractivity contribution >= 4 is 5.97 Å². The molecular formula is C12H25NO3. The lowest BCUT2D eigenvalue weighted by atomic mass is 9.94. The van der Waals surface area contributed by atoms with Crippen molar-refractivity contribution in [2.45, 2.75) is 45.1 Å². The fourth-order valence-electron chi connectivity index (χ4n) is 1.65. The van der Waals surface area contributed by atoms with Crippen LogP contribution in [0.4, 0.5) is 0 Å². The Morgan fingerprint density at radius 3 is 2.50 bits per heavy atom. The molecule has 0 radical (unpaired) electrons. The van der Waals surface area contributed by atoms with Gasteiger partial charge in [0.15, 0.2) is 0 Å². The second-order valence-corrected chi connectivity index (χ2v) is 4.20. The minimum atomic E-state index is -0.581. The Hall–Kier alpha value is -0.610. The van der Waals surface area contributed by atoms with Gasteiger partial charge in [-0.25, -0.2) is 0 Å². The van der Waals surface area contributed by atoms with Crippen LogP contribution in [0.15, 0.2) is 0 Å². The van der Waals surface area contributed by atoms with Crippen LogP contribution in [0.2, 0.25) is 0 Å². The molecule has 1 atom stereocenters. The van der Waals surface area contributed by atoms with Crippen LogP contribution in [0.5, 0.6) is 0 Å². The van der Waals surface area contributed by atoms with Crippen LogP contribution in [0, 0.1) is 0 Å². The van der Waals surface area contributed by atoms with Gasteiger partial charge in [-0.1, -0.05) is 26.2 Å². The zero-order valence-corrected chi connectivity index (χ0v) is 11.0. The number of esters is 1. The molecule has 0 aliphatic carbocycles. The monoisotopic (exact) mass is 231 g/mol.